The Balaban J connectivity index is 2.25. The molecule has 2 aromatic heterocycles. The number of amides is 1. The van der Waals surface area contributed by atoms with Crippen LogP contribution in [-0.2, 0) is 11.2 Å². The number of imidazole rings is 1. The molecule has 0 aliphatic rings. The van der Waals surface area contributed by atoms with Crippen molar-refractivity contribution in [1.82, 2.24) is 14.7 Å². The zero-order valence-corrected chi connectivity index (χ0v) is 12.6. The zero-order valence-electron chi connectivity index (χ0n) is 12.6. The highest BCUT2D eigenvalue weighted by Gasteiger charge is 2.19. The first kappa shape index (κ1) is 15.8. The van der Waals surface area contributed by atoms with Crippen LogP contribution in [0.3, 0.4) is 0 Å². The zero-order chi connectivity index (χ0) is 16.1. The van der Waals surface area contributed by atoms with E-state index in [2.05, 4.69) is 10.3 Å². The molecule has 0 atom stereocenters. The van der Waals surface area contributed by atoms with E-state index in [4.69, 9.17) is 9.84 Å². The minimum atomic E-state index is -0.872. The average Bonchev–Trinajstić information content (AvgIpc) is 2.89. The Morgan fingerprint density at radius 3 is 2.86 bits per heavy atom. The molecule has 1 amide bonds. The van der Waals surface area contributed by atoms with Gasteiger partial charge in [-0.3, -0.25) is 14.0 Å². The molecule has 0 aromatic carbocycles. The first-order valence-corrected chi connectivity index (χ1v) is 7.12. The SMILES string of the molecule is CCc1nc2c(OC)cccn2c1C(=O)NCCCC(=O)O. The number of ether oxygens (including phenoxy) is 1. The van der Waals surface area contributed by atoms with E-state index < -0.39 is 5.97 Å². The monoisotopic (exact) mass is 305 g/mol. The van der Waals surface area contributed by atoms with Crippen molar-refractivity contribution in [3.05, 3.63) is 29.7 Å². The second-order valence-electron chi connectivity index (χ2n) is 4.78. The van der Waals surface area contributed by atoms with E-state index in [1.54, 1.807) is 29.8 Å². The molecule has 0 unspecified atom stereocenters. The highest BCUT2D eigenvalue weighted by molar-refractivity contribution is 5.95. The summed E-state index contributed by atoms with van der Waals surface area (Å²) in [6.45, 7) is 2.24. The molecule has 7 heteroatoms. The molecular weight excluding hydrogens is 286 g/mol. The standard InChI is InChI=1S/C15H19N3O4/c1-3-10-13(15(21)16-8-4-7-12(19)20)18-9-5-6-11(22-2)14(18)17-10/h5-6,9H,3-4,7-8H2,1-2H3,(H,16,21)(H,19,20). The number of rotatable bonds is 7. The quantitative estimate of drug-likeness (QED) is 0.756. The van der Waals surface area contributed by atoms with Crippen LogP contribution in [0.5, 0.6) is 5.75 Å². The number of hydrogen-bond acceptors (Lipinski definition) is 4. The molecular formula is C15H19N3O4. The molecule has 0 spiro atoms. The van der Waals surface area contributed by atoms with Crippen molar-refractivity contribution in [3.8, 4) is 5.75 Å². The minimum absolute atomic E-state index is 0.0297. The van der Waals surface area contributed by atoms with Crippen molar-refractivity contribution in [2.75, 3.05) is 13.7 Å². The fourth-order valence-electron chi connectivity index (χ4n) is 2.26. The van der Waals surface area contributed by atoms with Crippen LogP contribution in [-0.4, -0.2) is 40.0 Å². The average molecular weight is 305 g/mol. The number of methoxy groups -OCH3 is 1. The molecule has 0 aliphatic heterocycles. The summed E-state index contributed by atoms with van der Waals surface area (Å²) in [6, 6.07) is 3.57. The third-order valence-electron chi connectivity index (χ3n) is 3.31. The molecule has 0 aliphatic carbocycles. The van der Waals surface area contributed by atoms with Gasteiger partial charge in [-0.1, -0.05) is 6.92 Å². The third-order valence-corrected chi connectivity index (χ3v) is 3.31. The first-order valence-electron chi connectivity index (χ1n) is 7.12. The van der Waals surface area contributed by atoms with E-state index in [1.807, 2.05) is 6.92 Å². The first-order chi connectivity index (χ1) is 10.6. The van der Waals surface area contributed by atoms with Crippen LogP contribution in [0, 0.1) is 0 Å². The number of fused-ring (bicyclic) bond motifs is 1. The Labute approximate surface area is 127 Å². The number of nitrogens with one attached hydrogen (secondary N) is 1. The Morgan fingerprint density at radius 1 is 1.45 bits per heavy atom. The van der Waals surface area contributed by atoms with Crippen LogP contribution in [0.4, 0.5) is 0 Å². The van der Waals surface area contributed by atoms with Gasteiger partial charge in [-0.05, 0) is 25.0 Å². The van der Waals surface area contributed by atoms with Gasteiger partial charge in [0.05, 0.1) is 12.8 Å². The predicted octanol–water partition coefficient (Wildman–Crippen LogP) is 1.50. The lowest BCUT2D eigenvalue weighted by molar-refractivity contribution is -0.137. The largest absolute Gasteiger partial charge is 0.493 e. The fraction of sp³-hybridized carbons (Fsp3) is 0.400. The molecule has 0 bridgehead atoms. The Hall–Kier alpha value is -2.57. The van der Waals surface area contributed by atoms with E-state index in [0.29, 0.717) is 42.2 Å². The van der Waals surface area contributed by atoms with E-state index in [1.165, 1.54) is 0 Å². The van der Waals surface area contributed by atoms with Gasteiger partial charge in [0.15, 0.2) is 11.4 Å². The van der Waals surface area contributed by atoms with E-state index in [9.17, 15) is 9.59 Å². The number of carbonyl (C=O) groups excluding carboxylic acids is 1. The lowest BCUT2D eigenvalue weighted by Crippen LogP contribution is -2.27. The Bertz CT molecular complexity index is 693. The predicted molar refractivity (Wildman–Crippen MR) is 80.3 cm³/mol. The summed E-state index contributed by atoms with van der Waals surface area (Å²) in [5.41, 5.74) is 1.74. The van der Waals surface area contributed by atoms with Gasteiger partial charge < -0.3 is 15.2 Å². The molecule has 22 heavy (non-hydrogen) atoms. The van der Waals surface area contributed by atoms with Gasteiger partial charge in [-0.25, -0.2) is 4.98 Å². The second kappa shape index (κ2) is 6.93. The second-order valence-corrected chi connectivity index (χ2v) is 4.78. The van der Waals surface area contributed by atoms with Crippen molar-refractivity contribution in [2.45, 2.75) is 26.2 Å². The molecule has 7 nitrogen and oxygen atoms in total. The maximum atomic E-state index is 12.4. The van der Waals surface area contributed by atoms with E-state index >= 15 is 0 Å². The van der Waals surface area contributed by atoms with Crippen LogP contribution in [0.2, 0.25) is 0 Å². The lowest BCUT2D eigenvalue weighted by Gasteiger charge is -2.06. The smallest absolute Gasteiger partial charge is 0.303 e. The van der Waals surface area contributed by atoms with Crippen LogP contribution in [0.25, 0.3) is 5.65 Å². The van der Waals surface area contributed by atoms with Gasteiger partial charge in [0.2, 0.25) is 0 Å². The summed E-state index contributed by atoms with van der Waals surface area (Å²) in [7, 11) is 1.56. The number of aliphatic carboxylic acids is 1. The summed E-state index contributed by atoms with van der Waals surface area (Å²) in [4.78, 5) is 27.3. The summed E-state index contributed by atoms with van der Waals surface area (Å²) in [5, 5.41) is 11.3. The highest BCUT2D eigenvalue weighted by Crippen LogP contribution is 2.22. The maximum Gasteiger partial charge on any atom is 0.303 e. The van der Waals surface area contributed by atoms with Gasteiger partial charge in [0.1, 0.15) is 5.69 Å². The summed E-state index contributed by atoms with van der Waals surface area (Å²) >= 11 is 0. The molecule has 118 valence electrons. The van der Waals surface area contributed by atoms with Gasteiger partial charge in [0, 0.05) is 19.2 Å². The Morgan fingerprint density at radius 2 is 2.23 bits per heavy atom. The van der Waals surface area contributed by atoms with Crippen molar-refractivity contribution < 1.29 is 19.4 Å². The van der Waals surface area contributed by atoms with Gasteiger partial charge in [0.25, 0.3) is 5.91 Å². The minimum Gasteiger partial charge on any atom is -0.493 e. The number of carboxylic acids is 1. The number of pyridine rings is 1. The normalized spacial score (nSPS) is 10.6. The third kappa shape index (κ3) is 3.19. The van der Waals surface area contributed by atoms with E-state index in [-0.39, 0.29) is 12.3 Å². The number of nitrogens with zero attached hydrogens (tertiary/aromatic N) is 2. The maximum absolute atomic E-state index is 12.4. The summed E-state index contributed by atoms with van der Waals surface area (Å²) < 4.78 is 6.96. The molecule has 2 rings (SSSR count). The van der Waals surface area contributed by atoms with Crippen LogP contribution in [0.15, 0.2) is 18.3 Å². The lowest BCUT2D eigenvalue weighted by atomic mass is 10.2. The fourth-order valence-corrected chi connectivity index (χ4v) is 2.26. The molecule has 0 saturated carbocycles. The number of carboxylic acid groups (broad SMARTS) is 1. The number of aromatic nitrogens is 2. The summed E-state index contributed by atoms with van der Waals surface area (Å²) in [5.74, 6) is -0.534. The Kier molecular flexibility index (Phi) is 4.98. The highest BCUT2D eigenvalue weighted by atomic mass is 16.5. The van der Waals surface area contributed by atoms with Crippen LogP contribution in [0.1, 0.15) is 35.9 Å². The number of hydrogen-bond donors (Lipinski definition) is 2. The molecule has 2 heterocycles. The molecule has 0 fully saturated rings. The van der Waals surface area contributed by atoms with Crippen molar-refractivity contribution in [3.63, 3.8) is 0 Å². The van der Waals surface area contributed by atoms with E-state index in [0.717, 1.165) is 0 Å². The summed E-state index contributed by atoms with van der Waals surface area (Å²) in [6.07, 6.45) is 2.80. The van der Waals surface area contributed by atoms with Crippen LogP contribution >= 0.6 is 0 Å². The number of aryl methyl sites for hydroxylation is 1. The van der Waals surface area contributed by atoms with Crippen LogP contribution < -0.4 is 10.1 Å². The molecule has 0 saturated heterocycles. The van der Waals surface area contributed by atoms with Gasteiger partial charge in [-0.15, -0.1) is 0 Å². The number of carbonyl (C=O) groups is 2. The van der Waals surface area contributed by atoms with Gasteiger partial charge in [-0.2, -0.15) is 0 Å². The van der Waals surface area contributed by atoms with Crippen molar-refractivity contribution in [1.29, 1.82) is 0 Å². The van der Waals surface area contributed by atoms with Gasteiger partial charge >= 0.3 is 5.97 Å². The molecule has 2 aromatic rings. The topological polar surface area (TPSA) is 92.9 Å². The van der Waals surface area contributed by atoms with Crippen molar-refractivity contribution in [2.24, 2.45) is 0 Å². The van der Waals surface area contributed by atoms with Crippen molar-refractivity contribution >= 4 is 17.5 Å². The molecule has 0 radical (unpaired) electrons. The molecule has 2 N–H and O–H groups in total.